The lowest BCUT2D eigenvalue weighted by atomic mass is 10.2. The van der Waals surface area contributed by atoms with Crippen LogP contribution in [0.2, 0.25) is 0 Å². The molecular formula is C24H28N4O5S. The number of hydrogen-bond acceptors (Lipinski definition) is 7. The van der Waals surface area contributed by atoms with Crippen molar-refractivity contribution in [2.24, 2.45) is 4.99 Å². The van der Waals surface area contributed by atoms with Gasteiger partial charge in [-0.2, -0.15) is 0 Å². The first-order valence-corrected chi connectivity index (χ1v) is 11.8. The van der Waals surface area contributed by atoms with Crippen LogP contribution in [0.1, 0.15) is 34.6 Å². The van der Waals surface area contributed by atoms with Crippen molar-refractivity contribution in [3.8, 4) is 0 Å². The second-order valence-corrected chi connectivity index (χ2v) is 8.80. The topological polar surface area (TPSA) is 129 Å². The number of thiophene rings is 1. The molecule has 10 heteroatoms. The molecule has 1 atom stereocenters. The van der Waals surface area contributed by atoms with E-state index in [1.165, 1.54) is 11.3 Å². The molecule has 0 spiro atoms. The van der Waals surface area contributed by atoms with Crippen molar-refractivity contribution in [1.29, 1.82) is 0 Å². The molecule has 2 heterocycles. The predicted octanol–water partition coefficient (Wildman–Crippen LogP) is 2.93. The normalized spacial score (nSPS) is 14.1. The Bertz CT molecular complexity index is 1030. The number of amides is 2. The first-order valence-electron chi connectivity index (χ1n) is 11.0. The van der Waals surface area contributed by atoms with E-state index < -0.39 is 18.1 Å². The zero-order valence-electron chi connectivity index (χ0n) is 18.7. The molecule has 1 aliphatic rings. The molecule has 9 nitrogen and oxygen atoms in total. The fourth-order valence-electron chi connectivity index (χ4n) is 3.13. The lowest BCUT2D eigenvalue weighted by molar-refractivity contribution is -0.139. The van der Waals surface area contributed by atoms with Crippen LogP contribution in [0.4, 0.5) is 4.79 Å². The number of ether oxygens (including phenoxy) is 1. The van der Waals surface area contributed by atoms with E-state index in [0.29, 0.717) is 18.8 Å². The molecule has 1 aliphatic heterocycles. The Balaban J connectivity index is 1.42. The highest BCUT2D eigenvalue weighted by Gasteiger charge is 2.22. The minimum atomic E-state index is -1.13. The molecule has 2 aromatic rings. The highest BCUT2D eigenvalue weighted by atomic mass is 32.1. The van der Waals surface area contributed by atoms with Gasteiger partial charge in [-0.15, -0.1) is 11.3 Å². The van der Waals surface area contributed by atoms with Crippen molar-refractivity contribution < 1.29 is 24.2 Å². The van der Waals surface area contributed by atoms with Gasteiger partial charge in [0.1, 0.15) is 12.6 Å². The summed E-state index contributed by atoms with van der Waals surface area (Å²) < 4.78 is 5.12. The predicted molar refractivity (Wildman–Crippen MR) is 131 cm³/mol. The lowest BCUT2D eigenvalue weighted by Gasteiger charge is -2.14. The highest BCUT2D eigenvalue weighted by Crippen LogP contribution is 2.20. The third-order valence-electron chi connectivity index (χ3n) is 4.87. The Kier molecular flexibility index (Phi) is 9.65. The SMILES string of the molecule is O=C(CC/C=C/c1ccc(C[C@H](NC(=O)OCc2ccccc2)C(=O)O)s1)NC1=NCCCN1. The van der Waals surface area contributed by atoms with E-state index >= 15 is 0 Å². The minimum absolute atomic E-state index is 0.0651. The first kappa shape index (κ1) is 25.0. The summed E-state index contributed by atoms with van der Waals surface area (Å²) in [5.74, 6) is -0.696. The van der Waals surface area contributed by atoms with Crippen LogP contribution in [-0.4, -0.2) is 48.2 Å². The molecule has 34 heavy (non-hydrogen) atoms. The number of carbonyl (C=O) groups is 3. The van der Waals surface area contributed by atoms with Crippen LogP contribution < -0.4 is 16.0 Å². The molecule has 0 radical (unpaired) electrons. The smallest absolute Gasteiger partial charge is 0.408 e. The standard InChI is InChI=1S/C24H28N4O5S/c29-21(28-23-25-13-6-14-26-23)10-5-4-9-18-11-12-19(34-18)15-20(22(30)31)27-24(32)33-16-17-7-2-1-3-8-17/h1-4,7-9,11-12,20H,5-6,10,13-16H2,(H,27,32)(H,30,31)(H2,25,26,28,29)/b9-4+/t20-/m0/s1. The van der Waals surface area contributed by atoms with E-state index in [9.17, 15) is 19.5 Å². The van der Waals surface area contributed by atoms with Gasteiger partial charge < -0.3 is 20.5 Å². The molecule has 0 unspecified atom stereocenters. The molecule has 0 saturated carbocycles. The first-order chi connectivity index (χ1) is 16.5. The van der Waals surface area contributed by atoms with Crippen LogP contribution >= 0.6 is 11.3 Å². The van der Waals surface area contributed by atoms with Gasteiger partial charge in [0, 0.05) is 35.7 Å². The Morgan fingerprint density at radius 3 is 2.76 bits per heavy atom. The van der Waals surface area contributed by atoms with Crippen LogP contribution in [0.15, 0.2) is 53.5 Å². The van der Waals surface area contributed by atoms with Gasteiger partial charge in [-0.05, 0) is 36.6 Å². The summed E-state index contributed by atoms with van der Waals surface area (Å²) in [5.41, 5.74) is 0.816. The van der Waals surface area contributed by atoms with Crippen molar-refractivity contribution >= 4 is 41.3 Å². The Morgan fingerprint density at radius 2 is 2.03 bits per heavy atom. The zero-order chi connectivity index (χ0) is 24.2. The van der Waals surface area contributed by atoms with Gasteiger partial charge in [0.25, 0.3) is 0 Å². The highest BCUT2D eigenvalue weighted by molar-refractivity contribution is 7.12. The fourth-order valence-corrected chi connectivity index (χ4v) is 4.12. The Morgan fingerprint density at radius 1 is 1.21 bits per heavy atom. The van der Waals surface area contributed by atoms with Gasteiger partial charge in [-0.25, -0.2) is 9.59 Å². The number of benzene rings is 1. The number of carboxylic acids is 1. The van der Waals surface area contributed by atoms with Crippen LogP contribution in [0, 0.1) is 0 Å². The third kappa shape index (κ3) is 8.70. The number of carboxylic acid groups (broad SMARTS) is 1. The molecule has 0 fully saturated rings. The van der Waals surface area contributed by atoms with Gasteiger partial charge in [-0.1, -0.05) is 36.4 Å². The fraction of sp³-hybridized carbons (Fsp3) is 0.333. The third-order valence-corrected chi connectivity index (χ3v) is 5.94. The maximum atomic E-state index is 12.0. The van der Waals surface area contributed by atoms with Crippen molar-refractivity contribution in [3.05, 3.63) is 63.9 Å². The van der Waals surface area contributed by atoms with Crippen molar-refractivity contribution in [2.75, 3.05) is 13.1 Å². The quantitative estimate of drug-likeness (QED) is 0.410. The van der Waals surface area contributed by atoms with E-state index in [-0.39, 0.29) is 18.9 Å². The van der Waals surface area contributed by atoms with Gasteiger partial charge in [0.15, 0.2) is 5.96 Å². The number of aliphatic carboxylic acids is 1. The summed E-state index contributed by atoms with van der Waals surface area (Å²) in [6.07, 6.45) is 5.04. The minimum Gasteiger partial charge on any atom is -0.480 e. The summed E-state index contributed by atoms with van der Waals surface area (Å²) in [4.78, 5) is 41.6. The number of carbonyl (C=O) groups excluding carboxylic acids is 2. The van der Waals surface area contributed by atoms with E-state index in [0.717, 1.165) is 34.8 Å². The number of nitrogens with zero attached hydrogens (tertiary/aromatic N) is 1. The van der Waals surface area contributed by atoms with E-state index in [1.807, 2.05) is 54.6 Å². The molecule has 0 aliphatic carbocycles. The summed E-state index contributed by atoms with van der Waals surface area (Å²) in [6.45, 7) is 1.60. The summed E-state index contributed by atoms with van der Waals surface area (Å²) in [6, 6.07) is 11.8. The lowest BCUT2D eigenvalue weighted by Crippen LogP contribution is -2.43. The number of guanidine groups is 1. The molecule has 2 amide bonds. The number of aliphatic imine (C=N–C) groups is 1. The van der Waals surface area contributed by atoms with Gasteiger partial charge in [-0.3, -0.25) is 15.1 Å². The van der Waals surface area contributed by atoms with Gasteiger partial charge >= 0.3 is 12.1 Å². The second kappa shape index (κ2) is 13.1. The van der Waals surface area contributed by atoms with Crippen molar-refractivity contribution in [1.82, 2.24) is 16.0 Å². The number of nitrogens with one attached hydrogen (secondary N) is 3. The molecule has 180 valence electrons. The number of allylic oxidation sites excluding steroid dienone is 1. The maximum absolute atomic E-state index is 12.0. The van der Waals surface area contributed by atoms with Crippen LogP contribution in [0.5, 0.6) is 0 Å². The number of hydrogen-bond donors (Lipinski definition) is 4. The molecule has 0 saturated heterocycles. The van der Waals surface area contributed by atoms with Crippen LogP contribution in [0.3, 0.4) is 0 Å². The summed E-state index contributed by atoms with van der Waals surface area (Å²) >= 11 is 1.43. The Hall–Kier alpha value is -3.66. The molecule has 1 aromatic carbocycles. The Labute approximate surface area is 201 Å². The van der Waals surface area contributed by atoms with E-state index in [1.54, 1.807) is 0 Å². The van der Waals surface area contributed by atoms with E-state index in [2.05, 4.69) is 20.9 Å². The largest absolute Gasteiger partial charge is 0.480 e. The molecular weight excluding hydrogens is 456 g/mol. The number of alkyl carbamates (subject to hydrolysis) is 1. The average molecular weight is 485 g/mol. The van der Waals surface area contributed by atoms with Crippen LogP contribution in [-0.2, 0) is 27.4 Å². The zero-order valence-corrected chi connectivity index (χ0v) is 19.5. The monoisotopic (exact) mass is 484 g/mol. The molecule has 0 bridgehead atoms. The molecule has 3 rings (SSSR count). The summed E-state index contributed by atoms with van der Waals surface area (Å²) in [7, 11) is 0. The maximum Gasteiger partial charge on any atom is 0.408 e. The van der Waals surface area contributed by atoms with Crippen molar-refractivity contribution in [2.45, 2.75) is 38.3 Å². The second-order valence-electron chi connectivity index (χ2n) is 7.60. The van der Waals surface area contributed by atoms with Gasteiger partial charge in [0.2, 0.25) is 5.91 Å². The van der Waals surface area contributed by atoms with Crippen LogP contribution in [0.25, 0.3) is 6.08 Å². The average Bonchev–Trinajstić information content (AvgIpc) is 3.28. The number of rotatable bonds is 10. The molecule has 4 N–H and O–H groups in total. The summed E-state index contributed by atoms with van der Waals surface area (Å²) in [5, 5.41) is 17.7. The van der Waals surface area contributed by atoms with Gasteiger partial charge in [0.05, 0.1) is 0 Å². The molecule has 1 aromatic heterocycles. The van der Waals surface area contributed by atoms with Crippen molar-refractivity contribution in [3.63, 3.8) is 0 Å². The van der Waals surface area contributed by atoms with E-state index in [4.69, 9.17) is 4.74 Å².